The summed E-state index contributed by atoms with van der Waals surface area (Å²) >= 11 is 0. The van der Waals surface area contributed by atoms with Crippen LogP contribution < -0.4 is 14.8 Å². The van der Waals surface area contributed by atoms with Gasteiger partial charge in [0.25, 0.3) is 17.7 Å². The Morgan fingerprint density at radius 3 is 2.47 bits per heavy atom. The number of carbonyl (C=O) groups is 4. The van der Waals surface area contributed by atoms with Crippen molar-refractivity contribution in [1.29, 1.82) is 0 Å². The number of esters is 1. The van der Waals surface area contributed by atoms with E-state index in [1.54, 1.807) is 18.2 Å². The van der Waals surface area contributed by atoms with Gasteiger partial charge in [-0.05, 0) is 37.3 Å². The number of imide groups is 1. The minimum atomic E-state index is -1.10. The number of benzene rings is 2. The Balaban J connectivity index is 1.42. The third-order valence-corrected chi connectivity index (χ3v) is 4.79. The molecule has 0 bridgehead atoms. The first-order valence-electron chi connectivity index (χ1n) is 9.23. The number of amides is 3. The molecule has 2 heterocycles. The van der Waals surface area contributed by atoms with Gasteiger partial charge in [0.2, 0.25) is 0 Å². The van der Waals surface area contributed by atoms with Gasteiger partial charge in [-0.2, -0.15) is 0 Å². The Morgan fingerprint density at radius 2 is 1.70 bits per heavy atom. The van der Waals surface area contributed by atoms with E-state index in [9.17, 15) is 19.2 Å². The number of nitrogens with one attached hydrogen (secondary N) is 1. The van der Waals surface area contributed by atoms with Crippen molar-refractivity contribution in [1.82, 2.24) is 4.90 Å². The van der Waals surface area contributed by atoms with Crippen molar-refractivity contribution >= 4 is 29.4 Å². The molecule has 0 saturated carbocycles. The number of anilines is 1. The van der Waals surface area contributed by atoms with Crippen molar-refractivity contribution < 1.29 is 33.4 Å². The lowest BCUT2D eigenvalue weighted by Crippen LogP contribution is -2.30. The molecule has 0 saturated heterocycles. The lowest BCUT2D eigenvalue weighted by Gasteiger charge is -2.19. The van der Waals surface area contributed by atoms with Crippen molar-refractivity contribution in [2.45, 2.75) is 13.0 Å². The number of hydrogen-bond donors (Lipinski definition) is 1. The van der Waals surface area contributed by atoms with Crippen LogP contribution in [-0.4, -0.2) is 55.0 Å². The van der Waals surface area contributed by atoms with Gasteiger partial charge in [0.05, 0.1) is 16.7 Å². The molecule has 3 amide bonds. The number of ether oxygens (including phenoxy) is 3. The highest BCUT2D eigenvalue weighted by molar-refractivity contribution is 6.21. The molecule has 0 aliphatic carbocycles. The van der Waals surface area contributed by atoms with E-state index in [4.69, 9.17) is 14.2 Å². The van der Waals surface area contributed by atoms with E-state index in [1.165, 1.54) is 32.2 Å². The second kappa shape index (κ2) is 7.51. The van der Waals surface area contributed by atoms with Crippen molar-refractivity contribution in [3.8, 4) is 11.5 Å². The second-order valence-electron chi connectivity index (χ2n) is 6.82. The van der Waals surface area contributed by atoms with Gasteiger partial charge in [-0.1, -0.05) is 0 Å². The maximum absolute atomic E-state index is 12.4. The summed E-state index contributed by atoms with van der Waals surface area (Å²) in [4.78, 5) is 49.8. The fourth-order valence-corrected chi connectivity index (χ4v) is 3.14. The summed E-state index contributed by atoms with van der Waals surface area (Å²) in [6.07, 6.45) is -1.10. The molecule has 4 rings (SSSR count). The van der Waals surface area contributed by atoms with Crippen molar-refractivity contribution in [2.75, 3.05) is 25.6 Å². The highest BCUT2D eigenvalue weighted by Gasteiger charge is 2.33. The molecule has 2 aromatic carbocycles. The van der Waals surface area contributed by atoms with Crippen LogP contribution >= 0.6 is 0 Å². The highest BCUT2D eigenvalue weighted by Crippen LogP contribution is 2.32. The van der Waals surface area contributed by atoms with E-state index < -0.39 is 29.8 Å². The molecule has 2 aliphatic heterocycles. The zero-order valence-corrected chi connectivity index (χ0v) is 16.3. The van der Waals surface area contributed by atoms with Crippen molar-refractivity contribution in [3.05, 3.63) is 53.1 Å². The molecule has 9 nitrogen and oxygen atoms in total. The zero-order valence-electron chi connectivity index (χ0n) is 16.3. The van der Waals surface area contributed by atoms with Crippen LogP contribution in [0.25, 0.3) is 0 Å². The molecule has 2 aliphatic rings. The van der Waals surface area contributed by atoms with E-state index in [1.807, 2.05) is 0 Å². The fraction of sp³-hybridized carbons (Fsp3) is 0.238. The third kappa shape index (κ3) is 3.45. The third-order valence-electron chi connectivity index (χ3n) is 4.79. The predicted octanol–water partition coefficient (Wildman–Crippen LogP) is 1.87. The monoisotopic (exact) mass is 410 g/mol. The summed E-state index contributed by atoms with van der Waals surface area (Å²) in [6.45, 7) is 2.31. The molecule has 1 unspecified atom stereocenters. The molecule has 0 aromatic heterocycles. The van der Waals surface area contributed by atoms with Crippen LogP contribution in [0.15, 0.2) is 36.4 Å². The average Bonchev–Trinajstić information content (AvgIpc) is 2.97. The van der Waals surface area contributed by atoms with Crippen LogP contribution in [0, 0.1) is 0 Å². The van der Waals surface area contributed by atoms with Crippen molar-refractivity contribution in [3.63, 3.8) is 0 Å². The van der Waals surface area contributed by atoms with Gasteiger partial charge >= 0.3 is 5.97 Å². The molecule has 9 heteroatoms. The van der Waals surface area contributed by atoms with Gasteiger partial charge in [-0.25, -0.2) is 4.79 Å². The van der Waals surface area contributed by atoms with Crippen LogP contribution in [0.5, 0.6) is 11.5 Å². The molecule has 1 atom stereocenters. The number of nitrogens with zero attached hydrogens (tertiary/aromatic N) is 1. The normalized spacial score (nSPS) is 15.5. The van der Waals surface area contributed by atoms with E-state index in [0.29, 0.717) is 30.4 Å². The molecule has 154 valence electrons. The maximum atomic E-state index is 12.4. The molecular weight excluding hydrogens is 392 g/mol. The maximum Gasteiger partial charge on any atom is 0.338 e. The SMILES string of the molecule is CC(OC(=O)c1ccc2c(c1)C(=O)N(C)C2=O)C(=O)Nc1ccc2c(c1)OCCO2. The number of carbonyl (C=O) groups excluding carboxylic acids is 4. The van der Waals surface area contributed by atoms with E-state index >= 15 is 0 Å². The second-order valence-corrected chi connectivity index (χ2v) is 6.82. The molecular formula is C21H18N2O7. The van der Waals surface area contributed by atoms with Gasteiger partial charge < -0.3 is 19.5 Å². The first kappa shape index (κ1) is 19.4. The predicted molar refractivity (Wildman–Crippen MR) is 104 cm³/mol. The van der Waals surface area contributed by atoms with Gasteiger partial charge in [-0.15, -0.1) is 0 Å². The van der Waals surface area contributed by atoms with E-state index in [-0.39, 0.29) is 16.7 Å². The van der Waals surface area contributed by atoms with Crippen LogP contribution in [0.3, 0.4) is 0 Å². The Bertz CT molecular complexity index is 1080. The van der Waals surface area contributed by atoms with Gasteiger partial charge in [0, 0.05) is 18.8 Å². The molecule has 2 aromatic rings. The zero-order chi connectivity index (χ0) is 21.4. The number of rotatable bonds is 4. The highest BCUT2D eigenvalue weighted by atomic mass is 16.6. The molecule has 0 radical (unpaired) electrons. The standard InChI is InChI=1S/C21H18N2O7/c1-11(18(24)22-13-4-6-16-17(10-13)29-8-7-28-16)30-21(27)12-3-5-14-15(9-12)20(26)23(2)19(14)25/h3-6,9-11H,7-8H2,1-2H3,(H,22,24). The molecule has 1 N–H and O–H groups in total. The average molecular weight is 410 g/mol. The van der Waals surface area contributed by atoms with Gasteiger partial charge in [0.15, 0.2) is 17.6 Å². The van der Waals surface area contributed by atoms with Crippen LogP contribution in [0.4, 0.5) is 5.69 Å². The summed E-state index contributed by atoms with van der Waals surface area (Å²) < 4.78 is 16.1. The summed E-state index contributed by atoms with van der Waals surface area (Å²) in [7, 11) is 1.37. The minimum absolute atomic E-state index is 0.0733. The van der Waals surface area contributed by atoms with Crippen LogP contribution in [0.1, 0.15) is 38.0 Å². The molecule has 30 heavy (non-hydrogen) atoms. The van der Waals surface area contributed by atoms with E-state index in [0.717, 1.165) is 4.90 Å². The van der Waals surface area contributed by atoms with Gasteiger partial charge in [-0.3, -0.25) is 19.3 Å². The summed E-state index contributed by atoms with van der Waals surface area (Å²) in [5.74, 6) is -1.12. The number of fused-ring (bicyclic) bond motifs is 2. The smallest absolute Gasteiger partial charge is 0.338 e. The topological polar surface area (TPSA) is 111 Å². The quantitative estimate of drug-likeness (QED) is 0.605. The first-order chi connectivity index (χ1) is 14.3. The Hall–Kier alpha value is -3.88. The Kier molecular flexibility index (Phi) is 4.86. The van der Waals surface area contributed by atoms with Gasteiger partial charge in [0.1, 0.15) is 13.2 Å². The summed E-state index contributed by atoms with van der Waals surface area (Å²) in [6, 6.07) is 9.04. The van der Waals surface area contributed by atoms with Crippen LogP contribution in [0.2, 0.25) is 0 Å². The summed E-state index contributed by atoms with van der Waals surface area (Å²) in [5.41, 5.74) is 0.898. The Labute approximate surface area is 171 Å². The Morgan fingerprint density at radius 1 is 1.00 bits per heavy atom. The summed E-state index contributed by atoms with van der Waals surface area (Å²) in [5, 5.41) is 2.65. The van der Waals surface area contributed by atoms with E-state index in [2.05, 4.69) is 5.32 Å². The fourth-order valence-electron chi connectivity index (χ4n) is 3.14. The van der Waals surface area contributed by atoms with Crippen LogP contribution in [-0.2, 0) is 9.53 Å². The first-order valence-corrected chi connectivity index (χ1v) is 9.23. The lowest BCUT2D eigenvalue weighted by molar-refractivity contribution is -0.123. The number of hydrogen-bond acceptors (Lipinski definition) is 7. The van der Waals surface area contributed by atoms with Crippen molar-refractivity contribution in [2.24, 2.45) is 0 Å². The largest absolute Gasteiger partial charge is 0.486 e. The molecule has 0 fully saturated rings. The molecule has 0 spiro atoms. The lowest BCUT2D eigenvalue weighted by atomic mass is 10.1. The minimum Gasteiger partial charge on any atom is -0.486 e.